The first-order chi connectivity index (χ1) is 11.3. The third kappa shape index (κ3) is 1.93. The van der Waals surface area contributed by atoms with Crippen LogP contribution in [-0.2, 0) is 14.4 Å². The van der Waals surface area contributed by atoms with Gasteiger partial charge in [-0.3, -0.25) is 14.4 Å². The lowest BCUT2D eigenvalue weighted by molar-refractivity contribution is -0.138. The van der Waals surface area contributed by atoms with Gasteiger partial charge >= 0.3 is 0 Å². The van der Waals surface area contributed by atoms with Gasteiger partial charge in [0.25, 0.3) is 0 Å². The molecule has 2 fully saturated rings. The Labute approximate surface area is 143 Å². The van der Waals surface area contributed by atoms with Gasteiger partial charge in [0.05, 0.1) is 0 Å². The van der Waals surface area contributed by atoms with Gasteiger partial charge in [-0.25, -0.2) is 0 Å². The van der Waals surface area contributed by atoms with E-state index in [1.807, 2.05) is 6.08 Å². The zero-order valence-corrected chi connectivity index (χ0v) is 14.9. The lowest BCUT2D eigenvalue weighted by atomic mass is 9.47. The molecule has 4 aliphatic carbocycles. The van der Waals surface area contributed by atoms with Crippen molar-refractivity contribution >= 4 is 17.3 Å². The summed E-state index contributed by atoms with van der Waals surface area (Å²) in [4.78, 5) is 37.2. The number of allylic oxidation sites excluding steroid dienone is 4. The summed E-state index contributed by atoms with van der Waals surface area (Å²) in [6, 6.07) is 0. The van der Waals surface area contributed by atoms with Crippen LogP contribution in [0.4, 0.5) is 0 Å². The molecule has 2 saturated carbocycles. The van der Waals surface area contributed by atoms with E-state index in [1.165, 1.54) is 11.1 Å². The van der Waals surface area contributed by atoms with Crippen molar-refractivity contribution in [3.8, 4) is 0 Å². The molecule has 0 aromatic heterocycles. The lowest BCUT2D eigenvalue weighted by Crippen LogP contribution is -2.52. The number of ketones is 3. The molecule has 24 heavy (non-hydrogen) atoms. The Morgan fingerprint density at radius 2 is 1.92 bits per heavy atom. The van der Waals surface area contributed by atoms with Gasteiger partial charge in [-0.1, -0.05) is 31.1 Å². The van der Waals surface area contributed by atoms with Crippen LogP contribution in [0.3, 0.4) is 0 Å². The maximum atomic E-state index is 13.2. The van der Waals surface area contributed by atoms with E-state index < -0.39 is 0 Å². The van der Waals surface area contributed by atoms with E-state index in [9.17, 15) is 14.4 Å². The van der Waals surface area contributed by atoms with Crippen molar-refractivity contribution in [3.05, 3.63) is 23.3 Å². The van der Waals surface area contributed by atoms with E-state index in [1.54, 1.807) is 6.92 Å². The highest BCUT2D eigenvalue weighted by Gasteiger charge is 2.59. The SMILES string of the molecule is CC(=O)[C@H]1CC=C2[C@@H]3CCC4=CC(=O)CC[C@]4(C)[C@H]3C(=O)C[C@@]21C. The summed E-state index contributed by atoms with van der Waals surface area (Å²) < 4.78 is 0. The quantitative estimate of drug-likeness (QED) is 0.688. The number of Topliss-reactive ketones (excluding diaryl/α,β-unsaturated/α-hetero) is 2. The fraction of sp³-hybridized carbons (Fsp3) is 0.667. The molecule has 128 valence electrons. The zero-order chi connectivity index (χ0) is 17.3. The fourth-order valence-corrected chi connectivity index (χ4v) is 6.35. The van der Waals surface area contributed by atoms with Gasteiger partial charge in [0.1, 0.15) is 11.6 Å². The largest absolute Gasteiger partial charge is 0.300 e. The van der Waals surface area contributed by atoms with Gasteiger partial charge in [0.2, 0.25) is 0 Å². The van der Waals surface area contributed by atoms with Crippen LogP contribution in [0, 0.1) is 28.6 Å². The van der Waals surface area contributed by atoms with Crippen molar-refractivity contribution in [1.29, 1.82) is 0 Å². The summed E-state index contributed by atoms with van der Waals surface area (Å²) in [5.74, 6) is 0.962. The highest BCUT2D eigenvalue weighted by atomic mass is 16.1. The second kappa shape index (κ2) is 5.00. The maximum absolute atomic E-state index is 13.2. The minimum absolute atomic E-state index is 0.00404. The number of fused-ring (bicyclic) bond motifs is 5. The molecular formula is C21H26O3. The highest BCUT2D eigenvalue weighted by Crippen LogP contribution is 2.63. The average molecular weight is 326 g/mol. The third-order valence-electron chi connectivity index (χ3n) is 7.55. The molecule has 0 heterocycles. The first-order valence-corrected chi connectivity index (χ1v) is 9.25. The van der Waals surface area contributed by atoms with Gasteiger partial charge in [-0.2, -0.15) is 0 Å². The van der Waals surface area contributed by atoms with Crippen molar-refractivity contribution in [1.82, 2.24) is 0 Å². The first kappa shape index (κ1) is 16.0. The van der Waals surface area contributed by atoms with Crippen molar-refractivity contribution in [2.24, 2.45) is 28.6 Å². The third-order valence-corrected chi connectivity index (χ3v) is 7.55. The van der Waals surface area contributed by atoms with Gasteiger partial charge in [-0.05, 0) is 50.0 Å². The maximum Gasteiger partial charge on any atom is 0.155 e. The molecule has 0 unspecified atom stereocenters. The Bertz CT molecular complexity index is 713. The van der Waals surface area contributed by atoms with E-state index in [2.05, 4.69) is 19.9 Å². The molecule has 3 heteroatoms. The monoisotopic (exact) mass is 326 g/mol. The summed E-state index contributed by atoms with van der Waals surface area (Å²) >= 11 is 0. The second-order valence-electron chi connectivity index (χ2n) is 8.80. The Kier molecular flexibility index (Phi) is 3.33. The number of rotatable bonds is 1. The molecule has 0 bridgehead atoms. The predicted molar refractivity (Wildman–Crippen MR) is 91.2 cm³/mol. The number of hydrogen-bond donors (Lipinski definition) is 0. The normalized spacial score (nSPS) is 44.2. The molecule has 3 nitrogen and oxygen atoms in total. The summed E-state index contributed by atoms with van der Waals surface area (Å²) in [6.07, 6.45) is 8.57. The standard InChI is InChI=1S/C21H26O3/c1-12(22)16-6-7-17-15-5-4-13-10-14(23)8-9-20(13,2)19(15)18(24)11-21(16,17)3/h7,10,15-16,19H,4-6,8-9,11H2,1-3H3/t15-,16+,19+,20-,21+/m0/s1. The fourth-order valence-electron chi connectivity index (χ4n) is 6.35. The molecule has 0 spiro atoms. The molecule has 0 aliphatic heterocycles. The molecule has 4 rings (SSSR count). The molecule has 0 aromatic carbocycles. The molecule has 0 radical (unpaired) electrons. The number of carbonyl (C=O) groups excluding carboxylic acids is 3. The Morgan fingerprint density at radius 1 is 1.17 bits per heavy atom. The molecule has 5 atom stereocenters. The number of hydrogen-bond acceptors (Lipinski definition) is 3. The Balaban J connectivity index is 1.77. The highest BCUT2D eigenvalue weighted by molar-refractivity contribution is 5.94. The van der Waals surface area contributed by atoms with E-state index >= 15 is 0 Å². The molecule has 4 aliphatic rings. The minimum Gasteiger partial charge on any atom is -0.300 e. The van der Waals surface area contributed by atoms with Crippen LogP contribution in [-0.4, -0.2) is 17.3 Å². The van der Waals surface area contributed by atoms with E-state index in [-0.39, 0.29) is 40.2 Å². The van der Waals surface area contributed by atoms with Crippen molar-refractivity contribution in [2.45, 2.75) is 59.3 Å². The van der Waals surface area contributed by atoms with E-state index in [4.69, 9.17) is 0 Å². The van der Waals surface area contributed by atoms with Crippen LogP contribution in [0.2, 0.25) is 0 Å². The second-order valence-corrected chi connectivity index (χ2v) is 8.80. The molecule has 0 aromatic rings. The van der Waals surface area contributed by atoms with Crippen LogP contribution in [0.1, 0.15) is 59.3 Å². The van der Waals surface area contributed by atoms with Gasteiger partial charge < -0.3 is 0 Å². The van der Waals surface area contributed by atoms with Crippen LogP contribution < -0.4 is 0 Å². The smallest absolute Gasteiger partial charge is 0.155 e. The molecule has 0 amide bonds. The summed E-state index contributed by atoms with van der Waals surface area (Å²) in [6.45, 7) is 5.99. The average Bonchev–Trinajstić information content (AvgIpc) is 2.84. The van der Waals surface area contributed by atoms with E-state index in [0.29, 0.717) is 18.6 Å². The van der Waals surface area contributed by atoms with Crippen LogP contribution in [0.25, 0.3) is 0 Å². The van der Waals surface area contributed by atoms with E-state index in [0.717, 1.165) is 25.7 Å². The first-order valence-electron chi connectivity index (χ1n) is 9.25. The molecule has 0 saturated heterocycles. The van der Waals surface area contributed by atoms with Crippen molar-refractivity contribution < 1.29 is 14.4 Å². The minimum atomic E-state index is -0.272. The van der Waals surface area contributed by atoms with Gasteiger partial charge in [0, 0.05) is 30.1 Å². The summed E-state index contributed by atoms with van der Waals surface area (Å²) in [7, 11) is 0. The summed E-state index contributed by atoms with van der Waals surface area (Å²) in [5.41, 5.74) is 2.12. The lowest BCUT2D eigenvalue weighted by Gasteiger charge is -2.55. The van der Waals surface area contributed by atoms with Crippen LogP contribution in [0.15, 0.2) is 23.3 Å². The van der Waals surface area contributed by atoms with Gasteiger partial charge in [0.15, 0.2) is 5.78 Å². The predicted octanol–water partition coefficient (Wildman–Crippen LogP) is 3.82. The molecule has 0 N–H and O–H groups in total. The summed E-state index contributed by atoms with van der Waals surface area (Å²) in [5, 5.41) is 0. The van der Waals surface area contributed by atoms with Crippen molar-refractivity contribution in [3.63, 3.8) is 0 Å². The van der Waals surface area contributed by atoms with Crippen LogP contribution >= 0.6 is 0 Å². The van der Waals surface area contributed by atoms with Crippen molar-refractivity contribution in [2.75, 3.05) is 0 Å². The topological polar surface area (TPSA) is 51.2 Å². The zero-order valence-electron chi connectivity index (χ0n) is 14.9. The van der Waals surface area contributed by atoms with Crippen LogP contribution in [0.5, 0.6) is 0 Å². The Hall–Kier alpha value is -1.51. The number of carbonyl (C=O) groups is 3. The van der Waals surface area contributed by atoms with Gasteiger partial charge in [-0.15, -0.1) is 0 Å². The molecular weight excluding hydrogens is 300 g/mol. The Morgan fingerprint density at radius 3 is 2.62 bits per heavy atom.